The first-order valence-electron chi connectivity index (χ1n) is 6.35. The summed E-state index contributed by atoms with van der Waals surface area (Å²) in [5, 5.41) is 9.71. The Morgan fingerprint density at radius 2 is 2.26 bits per heavy atom. The lowest BCUT2D eigenvalue weighted by Crippen LogP contribution is -2.33. The second-order valence-electron chi connectivity index (χ2n) is 4.88. The molecule has 1 fully saturated rings. The SMILES string of the molecule is CC(O)c1cc(Br)ccc1OCC(=O)N(C)C1CC1. The van der Waals surface area contributed by atoms with Gasteiger partial charge < -0.3 is 14.7 Å². The summed E-state index contributed by atoms with van der Waals surface area (Å²) in [6.45, 7) is 1.68. The third-order valence-electron chi connectivity index (χ3n) is 3.26. The molecule has 1 aliphatic rings. The van der Waals surface area contributed by atoms with Gasteiger partial charge in [0.2, 0.25) is 0 Å². The van der Waals surface area contributed by atoms with Crippen LogP contribution in [0.25, 0.3) is 0 Å². The maximum absolute atomic E-state index is 11.9. The number of carbonyl (C=O) groups excluding carboxylic acids is 1. The van der Waals surface area contributed by atoms with Gasteiger partial charge in [-0.05, 0) is 38.0 Å². The van der Waals surface area contributed by atoms with E-state index in [4.69, 9.17) is 4.74 Å². The van der Waals surface area contributed by atoms with Crippen molar-refractivity contribution in [2.75, 3.05) is 13.7 Å². The Bertz CT molecular complexity index is 472. The smallest absolute Gasteiger partial charge is 0.260 e. The molecule has 4 nitrogen and oxygen atoms in total. The lowest BCUT2D eigenvalue weighted by atomic mass is 10.1. The summed E-state index contributed by atoms with van der Waals surface area (Å²) in [6.07, 6.45) is 1.53. The number of hydrogen-bond acceptors (Lipinski definition) is 3. The second kappa shape index (κ2) is 5.92. The van der Waals surface area contributed by atoms with Crippen molar-refractivity contribution < 1.29 is 14.6 Å². The third-order valence-corrected chi connectivity index (χ3v) is 3.75. The van der Waals surface area contributed by atoms with Gasteiger partial charge in [0.25, 0.3) is 5.91 Å². The fourth-order valence-corrected chi connectivity index (χ4v) is 2.26. The van der Waals surface area contributed by atoms with Gasteiger partial charge in [-0.25, -0.2) is 0 Å². The molecule has 0 radical (unpaired) electrons. The zero-order valence-electron chi connectivity index (χ0n) is 11.1. The highest BCUT2D eigenvalue weighted by molar-refractivity contribution is 9.10. The molecule has 1 atom stereocenters. The number of carbonyl (C=O) groups is 1. The number of hydrogen-bond donors (Lipinski definition) is 1. The van der Waals surface area contributed by atoms with Crippen molar-refractivity contribution in [3.05, 3.63) is 28.2 Å². The molecule has 19 heavy (non-hydrogen) atoms. The third kappa shape index (κ3) is 3.70. The van der Waals surface area contributed by atoms with E-state index in [1.807, 2.05) is 6.07 Å². The fraction of sp³-hybridized carbons (Fsp3) is 0.500. The van der Waals surface area contributed by atoms with Crippen molar-refractivity contribution in [1.82, 2.24) is 4.90 Å². The molecule has 1 saturated carbocycles. The first kappa shape index (κ1) is 14.3. The maximum atomic E-state index is 11.9. The minimum Gasteiger partial charge on any atom is -0.483 e. The molecule has 1 unspecified atom stereocenters. The molecule has 0 heterocycles. The average Bonchev–Trinajstić information content (AvgIpc) is 3.20. The number of ether oxygens (including phenoxy) is 1. The van der Waals surface area contributed by atoms with E-state index >= 15 is 0 Å². The summed E-state index contributed by atoms with van der Waals surface area (Å²) >= 11 is 3.35. The van der Waals surface area contributed by atoms with Crippen molar-refractivity contribution in [2.45, 2.75) is 31.9 Å². The average molecular weight is 328 g/mol. The van der Waals surface area contributed by atoms with Crippen LogP contribution in [0.15, 0.2) is 22.7 Å². The lowest BCUT2D eigenvalue weighted by Gasteiger charge is -2.18. The van der Waals surface area contributed by atoms with Crippen molar-refractivity contribution >= 4 is 21.8 Å². The topological polar surface area (TPSA) is 49.8 Å². The molecular formula is C14H18BrNO3. The van der Waals surface area contributed by atoms with E-state index in [9.17, 15) is 9.90 Å². The van der Waals surface area contributed by atoms with Gasteiger partial charge >= 0.3 is 0 Å². The minimum atomic E-state index is -0.635. The minimum absolute atomic E-state index is 0.00829. The number of likely N-dealkylation sites (N-methyl/N-ethyl adjacent to an activating group) is 1. The van der Waals surface area contributed by atoms with Gasteiger partial charge in [-0.3, -0.25) is 4.79 Å². The normalized spacial score (nSPS) is 16.0. The van der Waals surface area contributed by atoms with Crippen LogP contribution < -0.4 is 4.74 Å². The van der Waals surface area contributed by atoms with Crippen molar-refractivity contribution in [1.29, 1.82) is 0 Å². The van der Waals surface area contributed by atoms with Gasteiger partial charge in [-0.2, -0.15) is 0 Å². The number of halogens is 1. The maximum Gasteiger partial charge on any atom is 0.260 e. The van der Waals surface area contributed by atoms with Crippen LogP contribution in [0.3, 0.4) is 0 Å². The zero-order chi connectivity index (χ0) is 14.0. The highest BCUT2D eigenvalue weighted by atomic mass is 79.9. The van der Waals surface area contributed by atoms with Gasteiger partial charge in [0.15, 0.2) is 6.61 Å². The van der Waals surface area contributed by atoms with E-state index in [0.29, 0.717) is 17.4 Å². The van der Waals surface area contributed by atoms with Gasteiger partial charge in [-0.1, -0.05) is 15.9 Å². The molecule has 5 heteroatoms. The Morgan fingerprint density at radius 3 is 2.84 bits per heavy atom. The molecule has 1 aliphatic carbocycles. The van der Waals surface area contributed by atoms with E-state index in [1.165, 1.54) is 0 Å². The number of nitrogens with zero attached hydrogens (tertiary/aromatic N) is 1. The standard InChI is InChI=1S/C14H18BrNO3/c1-9(17)12-7-10(15)3-6-13(12)19-8-14(18)16(2)11-4-5-11/h3,6-7,9,11,17H,4-5,8H2,1-2H3. The summed E-state index contributed by atoms with van der Waals surface area (Å²) < 4.78 is 6.41. The molecule has 1 N–H and O–H groups in total. The molecule has 2 rings (SSSR count). The monoisotopic (exact) mass is 327 g/mol. The molecule has 0 bridgehead atoms. The van der Waals surface area contributed by atoms with Crippen LogP contribution in [-0.2, 0) is 4.79 Å². The van der Waals surface area contributed by atoms with Crippen LogP contribution in [0.5, 0.6) is 5.75 Å². The van der Waals surface area contributed by atoms with Crippen molar-refractivity contribution in [3.63, 3.8) is 0 Å². The summed E-state index contributed by atoms with van der Waals surface area (Å²) in [7, 11) is 1.81. The second-order valence-corrected chi connectivity index (χ2v) is 5.80. The summed E-state index contributed by atoms with van der Waals surface area (Å²) in [5.74, 6) is 0.526. The number of aliphatic hydroxyl groups is 1. The Hall–Kier alpha value is -1.07. The molecule has 1 amide bonds. The van der Waals surface area contributed by atoms with Crippen molar-refractivity contribution in [2.24, 2.45) is 0 Å². The highest BCUT2D eigenvalue weighted by Crippen LogP contribution is 2.29. The Kier molecular flexibility index (Phi) is 4.47. The van der Waals surface area contributed by atoms with Gasteiger partial charge in [0.1, 0.15) is 5.75 Å². The summed E-state index contributed by atoms with van der Waals surface area (Å²) in [4.78, 5) is 13.6. The molecule has 1 aromatic rings. The van der Waals surface area contributed by atoms with E-state index in [1.54, 1.807) is 31.0 Å². The molecule has 1 aromatic carbocycles. The van der Waals surface area contributed by atoms with E-state index in [0.717, 1.165) is 17.3 Å². The van der Waals surface area contributed by atoms with Gasteiger partial charge in [-0.15, -0.1) is 0 Å². The largest absolute Gasteiger partial charge is 0.483 e. The highest BCUT2D eigenvalue weighted by Gasteiger charge is 2.29. The zero-order valence-corrected chi connectivity index (χ0v) is 12.7. The number of benzene rings is 1. The first-order chi connectivity index (χ1) is 8.99. The molecular weight excluding hydrogens is 310 g/mol. The quantitative estimate of drug-likeness (QED) is 0.903. The van der Waals surface area contributed by atoms with Gasteiger partial charge in [0.05, 0.1) is 6.10 Å². The van der Waals surface area contributed by atoms with E-state index in [-0.39, 0.29) is 12.5 Å². The van der Waals surface area contributed by atoms with E-state index < -0.39 is 6.10 Å². The molecule has 0 saturated heterocycles. The van der Waals surface area contributed by atoms with E-state index in [2.05, 4.69) is 15.9 Å². The van der Waals surface area contributed by atoms with Crippen LogP contribution >= 0.6 is 15.9 Å². The van der Waals surface area contributed by atoms with Crippen LogP contribution in [0, 0.1) is 0 Å². The lowest BCUT2D eigenvalue weighted by molar-refractivity contribution is -0.132. The number of amides is 1. The molecule has 0 aromatic heterocycles. The first-order valence-corrected chi connectivity index (χ1v) is 7.14. The Labute approximate surface area is 121 Å². The Balaban J connectivity index is 2.00. The number of rotatable bonds is 5. The molecule has 0 spiro atoms. The fourth-order valence-electron chi connectivity index (χ4n) is 1.88. The predicted molar refractivity (Wildman–Crippen MR) is 76.1 cm³/mol. The summed E-state index contributed by atoms with van der Waals surface area (Å²) in [5.41, 5.74) is 0.677. The van der Waals surface area contributed by atoms with Gasteiger partial charge in [0, 0.05) is 23.1 Å². The van der Waals surface area contributed by atoms with Crippen LogP contribution in [-0.4, -0.2) is 35.6 Å². The molecule has 104 valence electrons. The van der Waals surface area contributed by atoms with Crippen LogP contribution in [0.4, 0.5) is 0 Å². The predicted octanol–water partition coefficient (Wildman–Crippen LogP) is 2.50. The van der Waals surface area contributed by atoms with Crippen molar-refractivity contribution in [3.8, 4) is 5.75 Å². The summed E-state index contributed by atoms with van der Waals surface area (Å²) in [6, 6.07) is 5.78. The number of aliphatic hydroxyl groups excluding tert-OH is 1. The van der Waals surface area contributed by atoms with Crippen LogP contribution in [0.2, 0.25) is 0 Å². The molecule has 0 aliphatic heterocycles. The van der Waals surface area contributed by atoms with Crippen LogP contribution in [0.1, 0.15) is 31.4 Å². The Morgan fingerprint density at radius 1 is 1.58 bits per heavy atom.